The lowest BCUT2D eigenvalue weighted by molar-refractivity contribution is 0.855. The second-order valence-electron chi connectivity index (χ2n) is 4.70. The highest BCUT2D eigenvalue weighted by molar-refractivity contribution is 5.87. The van der Waals surface area contributed by atoms with Crippen LogP contribution in [0.3, 0.4) is 0 Å². The molecule has 0 unspecified atom stereocenters. The summed E-state index contributed by atoms with van der Waals surface area (Å²) in [5.41, 5.74) is 9.79. The van der Waals surface area contributed by atoms with Crippen LogP contribution >= 0.6 is 0 Å². The topological polar surface area (TPSA) is 30.9 Å². The van der Waals surface area contributed by atoms with Crippen molar-refractivity contribution in [2.24, 2.45) is 12.8 Å². The van der Waals surface area contributed by atoms with E-state index in [1.165, 1.54) is 22.0 Å². The minimum absolute atomic E-state index is 0.558. The predicted octanol–water partition coefficient (Wildman–Crippen LogP) is 2.80. The van der Waals surface area contributed by atoms with E-state index >= 15 is 0 Å². The Morgan fingerprint density at radius 3 is 2.69 bits per heavy atom. The molecule has 2 aromatic rings. The quantitative estimate of drug-likeness (QED) is 0.840. The highest BCUT2D eigenvalue weighted by Gasteiger charge is 2.11. The molecule has 2 nitrogen and oxygen atoms in total. The molecule has 1 aromatic heterocycles. The Hall–Kier alpha value is -1.28. The van der Waals surface area contributed by atoms with Crippen molar-refractivity contribution >= 4 is 10.9 Å². The minimum atomic E-state index is 0.558. The molecular weight excluding hydrogens is 196 g/mol. The van der Waals surface area contributed by atoms with Gasteiger partial charge in [0.15, 0.2) is 0 Å². The van der Waals surface area contributed by atoms with Crippen LogP contribution < -0.4 is 5.73 Å². The van der Waals surface area contributed by atoms with Gasteiger partial charge in [0.05, 0.1) is 5.52 Å². The molecule has 0 aliphatic heterocycles. The molecule has 0 aliphatic carbocycles. The molecule has 16 heavy (non-hydrogen) atoms. The fourth-order valence-corrected chi connectivity index (χ4v) is 2.40. The second kappa shape index (κ2) is 4.30. The molecule has 0 aliphatic rings. The first-order chi connectivity index (χ1) is 7.65. The van der Waals surface area contributed by atoms with Gasteiger partial charge >= 0.3 is 0 Å². The summed E-state index contributed by atoms with van der Waals surface area (Å²) in [6, 6.07) is 6.57. The van der Waals surface area contributed by atoms with Gasteiger partial charge in [-0.25, -0.2) is 0 Å². The van der Waals surface area contributed by atoms with Gasteiger partial charge in [-0.1, -0.05) is 32.0 Å². The molecule has 86 valence electrons. The number of aryl methyl sites for hydroxylation is 1. The molecule has 0 saturated heterocycles. The van der Waals surface area contributed by atoms with Crippen molar-refractivity contribution in [3.05, 3.63) is 35.5 Å². The van der Waals surface area contributed by atoms with E-state index in [0.29, 0.717) is 12.5 Å². The summed E-state index contributed by atoms with van der Waals surface area (Å²) in [5.74, 6) is 0.558. The summed E-state index contributed by atoms with van der Waals surface area (Å²) in [7, 11) is 2.12. The largest absolute Gasteiger partial charge is 0.350 e. The smallest absolute Gasteiger partial charge is 0.0515 e. The molecule has 0 fully saturated rings. The van der Waals surface area contributed by atoms with Crippen molar-refractivity contribution < 1.29 is 0 Å². The Morgan fingerprint density at radius 1 is 1.31 bits per heavy atom. The van der Waals surface area contributed by atoms with Gasteiger partial charge in [0.2, 0.25) is 0 Å². The Labute approximate surface area is 97.1 Å². The summed E-state index contributed by atoms with van der Waals surface area (Å²) in [6.07, 6.45) is 3.17. The van der Waals surface area contributed by atoms with Crippen LogP contribution in [0.1, 0.15) is 30.9 Å². The maximum absolute atomic E-state index is 5.65. The van der Waals surface area contributed by atoms with Gasteiger partial charge in [0.25, 0.3) is 0 Å². The monoisotopic (exact) mass is 216 g/mol. The van der Waals surface area contributed by atoms with Crippen LogP contribution in [-0.4, -0.2) is 11.1 Å². The zero-order valence-electron chi connectivity index (χ0n) is 10.3. The number of para-hydroxylation sites is 1. The third-order valence-corrected chi connectivity index (χ3v) is 3.15. The van der Waals surface area contributed by atoms with E-state index in [2.05, 4.69) is 49.9 Å². The summed E-state index contributed by atoms with van der Waals surface area (Å²) in [5, 5.41) is 1.36. The average Bonchev–Trinajstić information content (AvgIpc) is 2.57. The standard InChI is InChI=1S/C14H20N2/c1-10(2)12-5-4-6-13-11(7-8-15)9-16(3)14(12)13/h4-6,9-10H,7-8,15H2,1-3H3. The third kappa shape index (κ3) is 1.74. The van der Waals surface area contributed by atoms with Gasteiger partial charge in [-0.15, -0.1) is 0 Å². The van der Waals surface area contributed by atoms with E-state index in [1.54, 1.807) is 0 Å². The highest BCUT2D eigenvalue weighted by Crippen LogP contribution is 2.28. The highest BCUT2D eigenvalue weighted by atomic mass is 14.9. The van der Waals surface area contributed by atoms with Crippen molar-refractivity contribution in [2.45, 2.75) is 26.2 Å². The number of hydrogen-bond acceptors (Lipinski definition) is 1. The lowest BCUT2D eigenvalue weighted by Gasteiger charge is -2.09. The number of fused-ring (bicyclic) bond motifs is 1. The van der Waals surface area contributed by atoms with Crippen LogP contribution in [0.15, 0.2) is 24.4 Å². The lowest BCUT2D eigenvalue weighted by atomic mass is 9.99. The fraction of sp³-hybridized carbons (Fsp3) is 0.429. The van der Waals surface area contributed by atoms with E-state index in [0.717, 1.165) is 6.42 Å². The maximum atomic E-state index is 5.65. The van der Waals surface area contributed by atoms with Crippen molar-refractivity contribution in [3.63, 3.8) is 0 Å². The van der Waals surface area contributed by atoms with Crippen LogP contribution in [0.5, 0.6) is 0 Å². The summed E-state index contributed by atoms with van der Waals surface area (Å²) >= 11 is 0. The van der Waals surface area contributed by atoms with Crippen molar-refractivity contribution in [1.82, 2.24) is 4.57 Å². The van der Waals surface area contributed by atoms with Gasteiger partial charge in [-0.2, -0.15) is 0 Å². The first-order valence-corrected chi connectivity index (χ1v) is 5.92. The molecule has 0 bridgehead atoms. The van der Waals surface area contributed by atoms with E-state index in [9.17, 15) is 0 Å². The molecule has 1 heterocycles. The van der Waals surface area contributed by atoms with Gasteiger partial charge in [0, 0.05) is 18.6 Å². The normalized spacial score (nSPS) is 11.6. The molecule has 0 atom stereocenters. The fourth-order valence-electron chi connectivity index (χ4n) is 2.40. The Balaban J connectivity index is 2.69. The average molecular weight is 216 g/mol. The van der Waals surface area contributed by atoms with Crippen LogP contribution in [0, 0.1) is 0 Å². The minimum Gasteiger partial charge on any atom is -0.350 e. The van der Waals surface area contributed by atoms with E-state index < -0.39 is 0 Å². The molecule has 0 spiro atoms. The summed E-state index contributed by atoms with van der Waals surface area (Å²) in [4.78, 5) is 0. The van der Waals surface area contributed by atoms with Gasteiger partial charge in [0.1, 0.15) is 0 Å². The first-order valence-electron chi connectivity index (χ1n) is 5.92. The number of hydrogen-bond donors (Lipinski definition) is 1. The van der Waals surface area contributed by atoms with Crippen molar-refractivity contribution in [3.8, 4) is 0 Å². The SMILES string of the molecule is CC(C)c1cccc2c(CCN)cn(C)c12. The zero-order chi connectivity index (χ0) is 11.7. The Kier molecular flexibility index (Phi) is 3.01. The van der Waals surface area contributed by atoms with Crippen LogP contribution in [0.4, 0.5) is 0 Å². The number of benzene rings is 1. The predicted molar refractivity (Wildman–Crippen MR) is 69.8 cm³/mol. The number of rotatable bonds is 3. The summed E-state index contributed by atoms with van der Waals surface area (Å²) in [6.45, 7) is 5.19. The molecule has 2 rings (SSSR count). The molecule has 2 N–H and O–H groups in total. The molecule has 0 amide bonds. The van der Waals surface area contributed by atoms with Crippen molar-refractivity contribution in [1.29, 1.82) is 0 Å². The van der Waals surface area contributed by atoms with E-state index in [4.69, 9.17) is 5.73 Å². The lowest BCUT2D eigenvalue weighted by Crippen LogP contribution is -2.01. The van der Waals surface area contributed by atoms with Crippen LogP contribution in [-0.2, 0) is 13.5 Å². The third-order valence-electron chi connectivity index (χ3n) is 3.15. The Morgan fingerprint density at radius 2 is 2.06 bits per heavy atom. The molecule has 1 aromatic carbocycles. The molecule has 0 saturated carbocycles. The van der Waals surface area contributed by atoms with Crippen molar-refractivity contribution in [2.75, 3.05) is 6.54 Å². The number of nitrogens with two attached hydrogens (primary N) is 1. The Bertz CT molecular complexity index is 495. The van der Waals surface area contributed by atoms with Crippen LogP contribution in [0.2, 0.25) is 0 Å². The number of nitrogens with zero attached hydrogens (tertiary/aromatic N) is 1. The molecular formula is C14H20N2. The second-order valence-corrected chi connectivity index (χ2v) is 4.70. The van der Waals surface area contributed by atoms with E-state index in [1.807, 2.05) is 0 Å². The number of aromatic nitrogens is 1. The van der Waals surface area contributed by atoms with Gasteiger partial charge in [-0.05, 0) is 30.0 Å². The van der Waals surface area contributed by atoms with Gasteiger partial charge < -0.3 is 10.3 Å². The summed E-state index contributed by atoms with van der Waals surface area (Å²) < 4.78 is 2.23. The zero-order valence-corrected chi connectivity index (χ0v) is 10.3. The van der Waals surface area contributed by atoms with Gasteiger partial charge in [-0.3, -0.25) is 0 Å². The maximum Gasteiger partial charge on any atom is 0.0515 e. The van der Waals surface area contributed by atoms with E-state index in [-0.39, 0.29) is 0 Å². The molecule has 2 heteroatoms. The van der Waals surface area contributed by atoms with Crippen LogP contribution in [0.25, 0.3) is 10.9 Å². The molecule has 0 radical (unpaired) electrons. The first kappa shape index (κ1) is 11.2.